The number of nitrogens with zero attached hydrogens (tertiary/aromatic N) is 1. The molecule has 0 atom stereocenters. The van der Waals surface area contributed by atoms with Crippen LogP contribution in [0.3, 0.4) is 0 Å². The van der Waals surface area contributed by atoms with Crippen LogP contribution >= 0.6 is 0 Å². The Morgan fingerprint density at radius 2 is 2.19 bits per heavy atom. The van der Waals surface area contributed by atoms with Gasteiger partial charge in [0, 0.05) is 12.6 Å². The molecule has 0 amide bonds. The standard InChI is InChI=1S/C13H17N3/c1-3-7-14-13-9-12(15-16-13)11-6-4-5-10(2)8-11/h4-6,8-9H,3,7H2,1-2H3,(H2,14,15,16). The number of aryl methyl sites for hydroxylation is 1. The van der Waals surface area contributed by atoms with Gasteiger partial charge in [0.05, 0.1) is 5.69 Å². The van der Waals surface area contributed by atoms with Gasteiger partial charge in [0.15, 0.2) is 0 Å². The average molecular weight is 215 g/mol. The molecular formula is C13H17N3. The second kappa shape index (κ2) is 4.84. The summed E-state index contributed by atoms with van der Waals surface area (Å²) in [5.74, 6) is 0.915. The molecule has 0 aliphatic rings. The first-order valence-corrected chi connectivity index (χ1v) is 5.66. The van der Waals surface area contributed by atoms with Crippen molar-refractivity contribution in [3.63, 3.8) is 0 Å². The molecule has 2 aromatic rings. The predicted molar refractivity (Wildman–Crippen MR) is 67.5 cm³/mol. The third kappa shape index (κ3) is 2.42. The molecule has 84 valence electrons. The van der Waals surface area contributed by atoms with Crippen molar-refractivity contribution in [3.8, 4) is 11.3 Å². The molecule has 0 saturated heterocycles. The van der Waals surface area contributed by atoms with E-state index in [1.807, 2.05) is 6.07 Å². The van der Waals surface area contributed by atoms with Gasteiger partial charge in [-0.3, -0.25) is 5.10 Å². The van der Waals surface area contributed by atoms with E-state index < -0.39 is 0 Å². The van der Waals surface area contributed by atoms with Crippen molar-refractivity contribution in [2.45, 2.75) is 20.3 Å². The first-order valence-electron chi connectivity index (χ1n) is 5.66. The fraction of sp³-hybridized carbons (Fsp3) is 0.308. The maximum atomic E-state index is 4.22. The lowest BCUT2D eigenvalue weighted by molar-refractivity contribution is 0.961. The molecule has 0 bridgehead atoms. The van der Waals surface area contributed by atoms with E-state index in [4.69, 9.17) is 0 Å². The second-order valence-corrected chi connectivity index (χ2v) is 3.96. The summed E-state index contributed by atoms with van der Waals surface area (Å²) in [5.41, 5.74) is 3.49. The first kappa shape index (κ1) is 10.7. The summed E-state index contributed by atoms with van der Waals surface area (Å²) in [6.07, 6.45) is 1.10. The molecule has 2 rings (SSSR count). The van der Waals surface area contributed by atoms with Gasteiger partial charge >= 0.3 is 0 Å². The summed E-state index contributed by atoms with van der Waals surface area (Å²) in [4.78, 5) is 0. The minimum absolute atomic E-state index is 0.915. The van der Waals surface area contributed by atoms with E-state index >= 15 is 0 Å². The minimum atomic E-state index is 0.915. The number of aromatic nitrogens is 2. The summed E-state index contributed by atoms with van der Waals surface area (Å²) < 4.78 is 0. The molecule has 0 radical (unpaired) electrons. The highest BCUT2D eigenvalue weighted by molar-refractivity contribution is 5.63. The number of anilines is 1. The number of nitrogens with one attached hydrogen (secondary N) is 2. The van der Waals surface area contributed by atoms with Crippen molar-refractivity contribution in [2.75, 3.05) is 11.9 Å². The van der Waals surface area contributed by atoms with E-state index in [0.717, 1.165) is 24.5 Å². The normalized spacial score (nSPS) is 10.4. The van der Waals surface area contributed by atoms with E-state index in [9.17, 15) is 0 Å². The van der Waals surface area contributed by atoms with Crippen molar-refractivity contribution in [1.82, 2.24) is 10.2 Å². The number of rotatable bonds is 4. The fourth-order valence-electron chi connectivity index (χ4n) is 1.63. The van der Waals surface area contributed by atoms with Crippen molar-refractivity contribution in [3.05, 3.63) is 35.9 Å². The third-order valence-corrected chi connectivity index (χ3v) is 2.46. The van der Waals surface area contributed by atoms with Crippen LogP contribution in [0.15, 0.2) is 30.3 Å². The Kier molecular flexibility index (Phi) is 3.25. The van der Waals surface area contributed by atoms with Crippen LogP contribution in [0.2, 0.25) is 0 Å². The highest BCUT2D eigenvalue weighted by atomic mass is 15.2. The highest BCUT2D eigenvalue weighted by Crippen LogP contribution is 2.20. The smallest absolute Gasteiger partial charge is 0.148 e. The maximum Gasteiger partial charge on any atom is 0.148 e. The summed E-state index contributed by atoms with van der Waals surface area (Å²) >= 11 is 0. The summed E-state index contributed by atoms with van der Waals surface area (Å²) in [6.45, 7) is 5.19. The molecule has 3 heteroatoms. The molecule has 1 aromatic heterocycles. The van der Waals surface area contributed by atoms with Gasteiger partial charge in [-0.15, -0.1) is 0 Å². The zero-order valence-electron chi connectivity index (χ0n) is 9.75. The molecule has 1 aromatic carbocycles. The van der Waals surface area contributed by atoms with Crippen LogP contribution < -0.4 is 5.32 Å². The monoisotopic (exact) mass is 215 g/mol. The Morgan fingerprint density at radius 1 is 1.31 bits per heavy atom. The Hall–Kier alpha value is -1.77. The molecule has 1 heterocycles. The van der Waals surface area contributed by atoms with Crippen LogP contribution in [0.4, 0.5) is 5.82 Å². The van der Waals surface area contributed by atoms with E-state index in [0.29, 0.717) is 0 Å². The zero-order valence-corrected chi connectivity index (χ0v) is 9.75. The Morgan fingerprint density at radius 3 is 2.94 bits per heavy atom. The van der Waals surface area contributed by atoms with E-state index in [2.05, 4.69) is 53.6 Å². The molecule has 0 fully saturated rings. The van der Waals surface area contributed by atoms with Gasteiger partial charge in [0.25, 0.3) is 0 Å². The number of hydrogen-bond donors (Lipinski definition) is 2. The molecular weight excluding hydrogens is 198 g/mol. The van der Waals surface area contributed by atoms with Gasteiger partial charge in [-0.1, -0.05) is 30.7 Å². The Bertz CT molecular complexity index is 460. The molecule has 0 saturated carbocycles. The van der Waals surface area contributed by atoms with Gasteiger partial charge in [-0.2, -0.15) is 5.10 Å². The lowest BCUT2D eigenvalue weighted by Crippen LogP contribution is -1.99. The van der Waals surface area contributed by atoms with E-state index in [1.54, 1.807) is 0 Å². The molecule has 0 spiro atoms. The van der Waals surface area contributed by atoms with E-state index in [-0.39, 0.29) is 0 Å². The second-order valence-electron chi connectivity index (χ2n) is 3.96. The summed E-state index contributed by atoms with van der Waals surface area (Å²) in [7, 11) is 0. The van der Waals surface area contributed by atoms with Crippen LogP contribution in [0.5, 0.6) is 0 Å². The van der Waals surface area contributed by atoms with Gasteiger partial charge in [0.2, 0.25) is 0 Å². The number of H-pyrrole nitrogens is 1. The van der Waals surface area contributed by atoms with Gasteiger partial charge in [-0.05, 0) is 25.0 Å². The molecule has 16 heavy (non-hydrogen) atoms. The zero-order chi connectivity index (χ0) is 11.4. The van der Waals surface area contributed by atoms with Crippen LogP contribution in [0.25, 0.3) is 11.3 Å². The van der Waals surface area contributed by atoms with Crippen molar-refractivity contribution < 1.29 is 0 Å². The lowest BCUT2D eigenvalue weighted by atomic mass is 10.1. The maximum absolute atomic E-state index is 4.22. The predicted octanol–water partition coefficient (Wildman–Crippen LogP) is 3.21. The van der Waals surface area contributed by atoms with Crippen LogP contribution in [0, 0.1) is 6.92 Å². The van der Waals surface area contributed by atoms with Crippen molar-refractivity contribution in [2.24, 2.45) is 0 Å². The Labute approximate surface area is 95.9 Å². The van der Waals surface area contributed by atoms with Crippen molar-refractivity contribution in [1.29, 1.82) is 0 Å². The summed E-state index contributed by atoms with van der Waals surface area (Å²) in [5, 5.41) is 10.5. The molecule has 2 N–H and O–H groups in total. The quantitative estimate of drug-likeness (QED) is 0.822. The summed E-state index contributed by atoms with van der Waals surface area (Å²) in [6, 6.07) is 10.4. The average Bonchev–Trinajstić information content (AvgIpc) is 2.75. The van der Waals surface area contributed by atoms with Crippen molar-refractivity contribution >= 4 is 5.82 Å². The van der Waals surface area contributed by atoms with E-state index in [1.165, 1.54) is 11.1 Å². The molecule has 0 unspecified atom stereocenters. The number of benzene rings is 1. The highest BCUT2D eigenvalue weighted by Gasteiger charge is 2.02. The number of aromatic amines is 1. The molecule has 0 aliphatic carbocycles. The van der Waals surface area contributed by atoms with Crippen LogP contribution in [-0.4, -0.2) is 16.7 Å². The van der Waals surface area contributed by atoms with Gasteiger partial charge in [0.1, 0.15) is 5.82 Å². The first-order chi connectivity index (χ1) is 7.79. The van der Waals surface area contributed by atoms with Gasteiger partial charge in [-0.25, -0.2) is 0 Å². The van der Waals surface area contributed by atoms with Gasteiger partial charge < -0.3 is 5.32 Å². The Balaban J connectivity index is 2.18. The van der Waals surface area contributed by atoms with Crippen LogP contribution in [-0.2, 0) is 0 Å². The molecule has 3 nitrogen and oxygen atoms in total. The lowest BCUT2D eigenvalue weighted by Gasteiger charge is -1.98. The largest absolute Gasteiger partial charge is 0.369 e. The fourth-order valence-corrected chi connectivity index (χ4v) is 1.63. The third-order valence-electron chi connectivity index (χ3n) is 2.46. The van der Waals surface area contributed by atoms with Crippen LogP contribution in [0.1, 0.15) is 18.9 Å². The minimum Gasteiger partial charge on any atom is -0.369 e. The molecule has 0 aliphatic heterocycles. The topological polar surface area (TPSA) is 40.7 Å². The SMILES string of the molecule is CCCNc1cc(-c2cccc(C)c2)[nH]n1. The number of hydrogen-bond acceptors (Lipinski definition) is 2.